The van der Waals surface area contributed by atoms with Crippen molar-refractivity contribution in [3.63, 3.8) is 0 Å². The van der Waals surface area contributed by atoms with Gasteiger partial charge in [-0.25, -0.2) is 0 Å². The van der Waals surface area contributed by atoms with Crippen LogP contribution in [0.25, 0.3) is 0 Å². The van der Waals surface area contributed by atoms with Crippen molar-refractivity contribution in [1.29, 1.82) is 0 Å². The molecular formula is C31H39NO6. The van der Waals surface area contributed by atoms with E-state index >= 15 is 0 Å². The number of ketones is 1. The fraction of sp³-hybridized carbons (Fsp3) is 0.387. The Balaban J connectivity index is 1.35. The van der Waals surface area contributed by atoms with E-state index in [0.29, 0.717) is 49.7 Å². The van der Waals surface area contributed by atoms with E-state index in [9.17, 15) is 15.0 Å². The molecule has 3 rings (SSSR count). The Morgan fingerprint density at radius 3 is 2.32 bits per heavy atom. The Labute approximate surface area is 225 Å². The lowest BCUT2D eigenvalue weighted by Gasteiger charge is -2.14. The van der Waals surface area contributed by atoms with Crippen molar-refractivity contribution in [3.05, 3.63) is 83.4 Å². The van der Waals surface area contributed by atoms with Crippen molar-refractivity contribution in [3.8, 4) is 23.0 Å². The van der Waals surface area contributed by atoms with E-state index < -0.39 is 6.10 Å². The number of methoxy groups -OCH3 is 2. The molecule has 0 aliphatic rings. The molecule has 7 heteroatoms. The molecule has 0 saturated carbocycles. The summed E-state index contributed by atoms with van der Waals surface area (Å²) < 4.78 is 16.5. The molecule has 0 aliphatic heterocycles. The Morgan fingerprint density at radius 1 is 0.842 bits per heavy atom. The van der Waals surface area contributed by atoms with E-state index in [-0.39, 0.29) is 18.0 Å². The summed E-state index contributed by atoms with van der Waals surface area (Å²) in [5, 5.41) is 23.4. The number of carbonyl (C=O) groups excluding carboxylic acids is 1. The number of Topliss-reactive ketones (excluding diaryl/α,β-unsaturated/α-hetero) is 1. The largest absolute Gasteiger partial charge is 0.504 e. The second-order valence-electron chi connectivity index (χ2n) is 9.30. The number of benzene rings is 3. The quantitative estimate of drug-likeness (QED) is 0.173. The van der Waals surface area contributed by atoms with Crippen LogP contribution in [-0.2, 0) is 24.1 Å². The molecule has 1 atom stereocenters. The number of aliphatic hydroxyl groups is 1. The average Bonchev–Trinajstić information content (AvgIpc) is 2.94. The summed E-state index contributed by atoms with van der Waals surface area (Å²) in [6.07, 6.45) is 3.41. The minimum absolute atomic E-state index is 0.00198. The highest BCUT2D eigenvalue weighted by atomic mass is 16.5. The molecule has 3 aromatic carbocycles. The van der Waals surface area contributed by atoms with Crippen LogP contribution >= 0.6 is 0 Å². The van der Waals surface area contributed by atoms with E-state index in [2.05, 4.69) is 29.6 Å². The van der Waals surface area contributed by atoms with Gasteiger partial charge in [0.1, 0.15) is 12.5 Å². The first-order chi connectivity index (χ1) is 18.5. The van der Waals surface area contributed by atoms with Crippen LogP contribution in [-0.4, -0.2) is 49.6 Å². The van der Waals surface area contributed by atoms with Crippen LogP contribution in [0.5, 0.6) is 23.0 Å². The maximum atomic E-state index is 12.4. The van der Waals surface area contributed by atoms with Crippen LogP contribution in [0.2, 0.25) is 0 Å². The van der Waals surface area contributed by atoms with E-state index in [0.717, 1.165) is 30.5 Å². The van der Waals surface area contributed by atoms with Crippen LogP contribution in [0.15, 0.2) is 66.7 Å². The monoisotopic (exact) mass is 521 g/mol. The predicted molar refractivity (Wildman–Crippen MR) is 148 cm³/mol. The van der Waals surface area contributed by atoms with Gasteiger partial charge in [-0.1, -0.05) is 42.5 Å². The van der Waals surface area contributed by atoms with Crippen LogP contribution < -0.4 is 19.5 Å². The minimum atomic E-state index is -0.709. The lowest BCUT2D eigenvalue weighted by Crippen LogP contribution is -2.21. The van der Waals surface area contributed by atoms with Crippen LogP contribution in [0, 0.1) is 0 Å². The first-order valence-corrected chi connectivity index (χ1v) is 13.1. The summed E-state index contributed by atoms with van der Waals surface area (Å²) in [6, 6.07) is 21.2. The van der Waals surface area contributed by atoms with Gasteiger partial charge in [-0.3, -0.25) is 10.1 Å². The Kier molecular flexibility index (Phi) is 11.9. The fourth-order valence-electron chi connectivity index (χ4n) is 4.21. The van der Waals surface area contributed by atoms with Gasteiger partial charge >= 0.3 is 0 Å². The molecule has 0 amide bonds. The van der Waals surface area contributed by atoms with Gasteiger partial charge in [0.05, 0.1) is 20.3 Å². The van der Waals surface area contributed by atoms with Gasteiger partial charge < -0.3 is 24.4 Å². The second-order valence-corrected chi connectivity index (χ2v) is 9.30. The Morgan fingerprint density at radius 2 is 1.55 bits per heavy atom. The highest BCUT2D eigenvalue weighted by Gasteiger charge is 2.13. The summed E-state index contributed by atoms with van der Waals surface area (Å²) in [5.74, 6) is 1.76. The number of carbonyl (C=O) groups is 1. The topological polar surface area (TPSA) is 97.3 Å². The van der Waals surface area contributed by atoms with Gasteiger partial charge in [0.15, 0.2) is 23.0 Å². The third kappa shape index (κ3) is 9.72. The summed E-state index contributed by atoms with van der Waals surface area (Å²) in [7, 11) is 3.10. The molecule has 0 saturated heterocycles. The zero-order chi connectivity index (χ0) is 27.2. The zero-order valence-electron chi connectivity index (χ0n) is 22.3. The normalized spacial score (nSPS) is 11.7. The number of aliphatic hydroxyl groups excluding tert-OH is 1. The average molecular weight is 522 g/mol. The molecule has 0 fully saturated rings. The number of hydrogen-bond acceptors (Lipinski definition) is 7. The molecule has 0 radical (unpaired) electrons. The van der Waals surface area contributed by atoms with Crippen molar-refractivity contribution in [1.82, 2.24) is 5.32 Å². The third-order valence-electron chi connectivity index (χ3n) is 6.39. The molecule has 0 spiro atoms. The Bertz CT molecular complexity index is 1130. The molecule has 3 aromatic rings. The molecule has 0 aliphatic carbocycles. The highest BCUT2D eigenvalue weighted by Crippen LogP contribution is 2.29. The van der Waals surface area contributed by atoms with E-state index in [1.165, 1.54) is 12.7 Å². The van der Waals surface area contributed by atoms with Gasteiger partial charge in [0.25, 0.3) is 0 Å². The second kappa shape index (κ2) is 15.6. The highest BCUT2D eigenvalue weighted by molar-refractivity contribution is 5.79. The smallest absolute Gasteiger partial charge is 0.163 e. The van der Waals surface area contributed by atoms with Gasteiger partial charge in [0.2, 0.25) is 0 Å². The SMILES string of the molecule is COc1cc(CCC(=O)CC(O)CCc2ccc(OCNCCCc3ccccc3)c(OC)c2)ccc1O. The lowest BCUT2D eigenvalue weighted by atomic mass is 10.00. The number of ether oxygens (including phenoxy) is 3. The minimum Gasteiger partial charge on any atom is -0.504 e. The predicted octanol–water partition coefficient (Wildman–Crippen LogP) is 4.85. The molecule has 38 heavy (non-hydrogen) atoms. The van der Waals surface area contributed by atoms with Crippen LogP contribution in [0.4, 0.5) is 0 Å². The van der Waals surface area contributed by atoms with Crippen LogP contribution in [0.1, 0.15) is 42.4 Å². The van der Waals surface area contributed by atoms with Crippen LogP contribution in [0.3, 0.4) is 0 Å². The Hall–Kier alpha value is -3.55. The molecular weight excluding hydrogens is 482 g/mol. The number of phenols is 1. The van der Waals surface area contributed by atoms with Gasteiger partial charge in [0, 0.05) is 12.8 Å². The van der Waals surface area contributed by atoms with Gasteiger partial charge in [-0.15, -0.1) is 0 Å². The van der Waals surface area contributed by atoms with Crippen molar-refractivity contribution >= 4 is 5.78 Å². The summed E-state index contributed by atoms with van der Waals surface area (Å²) in [6.45, 7) is 1.25. The molecule has 7 nitrogen and oxygen atoms in total. The molecule has 0 heterocycles. The zero-order valence-corrected chi connectivity index (χ0v) is 22.3. The number of aryl methyl sites for hydroxylation is 3. The maximum Gasteiger partial charge on any atom is 0.163 e. The molecule has 204 valence electrons. The molecule has 1 unspecified atom stereocenters. The lowest BCUT2D eigenvalue weighted by molar-refractivity contribution is -0.121. The molecule has 3 N–H and O–H groups in total. The summed E-state index contributed by atoms with van der Waals surface area (Å²) >= 11 is 0. The van der Waals surface area contributed by atoms with Crippen molar-refractivity contribution in [2.75, 3.05) is 27.5 Å². The number of nitrogens with one attached hydrogen (secondary N) is 1. The van der Waals surface area contributed by atoms with E-state index in [1.54, 1.807) is 25.3 Å². The summed E-state index contributed by atoms with van der Waals surface area (Å²) in [4.78, 5) is 12.4. The van der Waals surface area contributed by atoms with E-state index in [1.807, 2.05) is 24.3 Å². The number of rotatable bonds is 17. The fourth-order valence-corrected chi connectivity index (χ4v) is 4.21. The van der Waals surface area contributed by atoms with Gasteiger partial charge in [-0.2, -0.15) is 0 Å². The van der Waals surface area contributed by atoms with Gasteiger partial charge in [-0.05, 0) is 79.6 Å². The molecule has 0 bridgehead atoms. The van der Waals surface area contributed by atoms with Crippen molar-refractivity contribution in [2.24, 2.45) is 0 Å². The number of hydrogen-bond donors (Lipinski definition) is 3. The summed E-state index contributed by atoms with van der Waals surface area (Å²) in [5.41, 5.74) is 3.24. The first kappa shape index (κ1) is 29.0. The number of phenolic OH excluding ortho intramolecular Hbond substituents is 1. The maximum absolute atomic E-state index is 12.4. The van der Waals surface area contributed by atoms with E-state index in [4.69, 9.17) is 14.2 Å². The molecule has 0 aromatic heterocycles. The van der Waals surface area contributed by atoms with Crippen molar-refractivity contribution in [2.45, 2.75) is 51.0 Å². The van der Waals surface area contributed by atoms with Crippen molar-refractivity contribution < 1.29 is 29.2 Å². The standard InChI is InChI=1S/C31H39NO6/c1-36-30-19-24(12-16-28(30)35)10-14-26(33)21-27(34)15-11-25-13-17-29(31(20-25)37-2)38-22-32-18-6-9-23-7-4-3-5-8-23/h3-5,7-8,12-13,16-17,19-20,27,32,34-35H,6,9-11,14-15,18,21-22H2,1-2H3. The number of aromatic hydroxyl groups is 1. The third-order valence-corrected chi connectivity index (χ3v) is 6.39. The first-order valence-electron chi connectivity index (χ1n) is 13.1.